The average molecular weight is 500 g/mol. The third kappa shape index (κ3) is 3.94. The quantitative estimate of drug-likeness (QED) is 0.242. The largest absolute Gasteiger partial charge is 0.455 e. The molecular formula is C35H21N3O. The number of furan rings is 1. The molecule has 2 heterocycles. The summed E-state index contributed by atoms with van der Waals surface area (Å²) >= 11 is 0. The summed E-state index contributed by atoms with van der Waals surface area (Å²) in [4.78, 5) is 9.80. The molecule has 0 aliphatic carbocycles. The Morgan fingerprint density at radius 1 is 0.513 bits per heavy atom. The molecule has 4 nitrogen and oxygen atoms in total. The van der Waals surface area contributed by atoms with Crippen molar-refractivity contribution in [2.24, 2.45) is 0 Å². The normalized spacial score (nSPS) is 11.1. The zero-order valence-corrected chi connectivity index (χ0v) is 20.9. The van der Waals surface area contributed by atoms with Crippen molar-refractivity contribution >= 4 is 21.9 Å². The van der Waals surface area contributed by atoms with Crippen molar-refractivity contribution in [1.29, 1.82) is 5.26 Å². The summed E-state index contributed by atoms with van der Waals surface area (Å²) in [6, 6.07) is 44.5. The number of fused-ring (bicyclic) bond motifs is 3. The number of rotatable bonds is 4. The van der Waals surface area contributed by atoms with Crippen LogP contribution < -0.4 is 0 Å². The van der Waals surface area contributed by atoms with E-state index in [1.807, 2.05) is 91.0 Å². The van der Waals surface area contributed by atoms with Crippen LogP contribution in [0, 0.1) is 11.3 Å². The molecule has 182 valence electrons. The third-order valence-corrected chi connectivity index (χ3v) is 6.97. The van der Waals surface area contributed by atoms with E-state index in [4.69, 9.17) is 14.4 Å². The summed E-state index contributed by atoms with van der Waals surface area (Å²) in [5.74, 6) is 0.570. The molecule has 0 amide bonds. The molecule has 0 spiro atoms. The number of hydrogen-bond acceptors (Lipinski definition) is 4. The van der Waals surface area contributed by atoms with Crippen LogP contribution in [0.1, 0.15) is 5.56 Å². The maximum absolute atomic E-state index is 10.1. The van der Waals surface area contributed by atoms with Gasteiger partial charge in [-0.15, -0.1) is 0 Å². The molecule has 0 aliphatic rings. The van der Waals surface area contributed by atoms with Crippen molar-refractivity contribution in [3.05, 3.63) is 133 Å². The van der Waals surface area contributed by atoms with Gasteiger partial charge in [0.15, 0.2) is 5.82 Å². The SMILES string of the molecule is N#Cc1c(-c2ccccc2)nc(-c2ccc(-c3cccc4c3oc3ccccc34)cc2)nc1-c1ccccc1. The van der Waals surface area contributed by atoms with Crippen molar-refractivity contribution in [2.45, 2.75) is 0 Å². The molecule has 0 unspecified atom stereocenters. The van der Waals surface area contributed by atoms with E-state index in [-0.39, 0.29) is 0 Å². The van der Waals surface area contributed by atoms with Gasteiger partial charge in [0.1, 0.15) is 22.8 Å². The minimum absolute atomic E-state index is 0.462. The Bertz CT molecular complexity index is 1940. The summed E-state index contributed by atoms with van der Waals surface area (Å²) in [5.41, 5.74) is 8.17. The van der Waals surface area contributed by atoms with Crippen LogP contribution in [-0.2, 0) is 0 Å². The van der Waals surface area contributed by atoms with Crippen LogP contribution in [0.4, 0.5) is 0 Å². The molecule has 0 aliphatic heterocycles. The number of para-hydroxylation sites is 2. The zero-order valence-electron chi connectivity index (χ0n) is 20.9. The highest BCUT2D eigenvalue weighted by atomic mass is 16.3. The number of aromatic nitrogens is 2. The van der Waals surface area contributed by atoms with Crippen LogP contribution in [0.25, 0.3) is 67.0 Å². The Morgan fingerprint density at radius 2 is 1.08 bits per heavy atom. The fourth-order valence-corrected chi connectivity index (χ4v) is 5.08. The maximum atomic E-state index is 10.1. The second-order valence-electron chi connectivity index (χ2n) is 9.32. The lowest BCUT2D eigenvalue weighted by atomic mass is 9.99. The fraction of sp³-hybridized carbons (Fsp3) is 0. The smallest absolute Gasteiger partial charge is 0.160 e. The Morgan fingerprint density at radius 3 is 1.72 bits per heavy atom. The monoisotopic (exact) mass is 499 g/mol. The Kier molecular flexibility index (Phi) is 5.46. The highest BCUT2D eigenvalue weighted by molar-refractivity contribution is 6.09. The van der Waals surface area contributed by atoms with Crippen LogP contribution in [0.5, 0.6) is 0 Å². The second kappa shape index (κ2) is 9.41. The lowest BCUT2D eigenvalue weighted by molar-refractivity contribution is 0.670. The summed E-state index contributed by atoms with van der Waals surface area (Å²) < 4.78 is 6.25. The van der Waals surface area contributed by atoms with Gasteiger partial charge in [-0.3, -0.25) is 0 Å². The summed E-state index contributed by atoms with van der Waals surface area (Å²) in [6.45, 7) is 0. The molecule has 0 bridgehead atoms. The average Bonchev–Trinajstić information content (AvgIpc) is 3.40. The van der Waals surface area contributed by atoms with E-state index >= 15 is 0 Å². The highest BCUT2D eigenvalue weighted by Crippen LogP contribution is 2.37. The lowest BCUT2D eigenvalue weighted by Gasteiger charge is -2.12. The first kappa shape index (κ1) is 22.7. The maximum Gasteiger partial charge on any atom is 0.160 e. The number of benzene rings is 5. The van der Waals surface area contributed by atoms with Gasteiger partial charge in [-0.25, -0.2) is 9.97 Å². The minimum Gasteiger partial charge on any atom is -0.455 e. The second-order valence-corrected chi connectivity index (χ2v) is 9.32. The van der Waals surface area contributed by atoms with Crippen molar-refractivity contribution in [2.75, 3.05) is 0 Å². The van der Waals surface area contributed by atoms with Crippen LogP contribution in [0.15, 0.2) is 132 Å². The minimum atomic E-state index is 0.462. The molecule has 7 aromatic rings. The molecule has 0 saturated heterocycles. The van der Waals surface area contributed by atoms with Gasteiger partial charge in [-0.05, 0) is 11.6 Å². The van der Waals surface area contributed by atoms with Gasteiger partial charge in [0.05, 0.1) is 11.4 Å². The predicted octanol–water partition coefficient (Wildman–Crippen LogP) is 8.92. The van der Waals surface area contributed by atoms with E-state index in [0.29, 0.717) is 22.8 Å². The zero-order chi connectivity index (χ0) is 26.2. The van der Waals surface area contributed by atoms with Gasteiger partial charge >= 0.3 is 0 Å². The van der Waals surface area contributed by atoms with Crippen LogP contribution >= 0.6 is 0 Å². The molecule has 0 radical (unpaired) electrons. The highest BCUT2D eigenvalue weighted by Gasteiger charge is 2.19. The first-order valence-corrected chi connectivity index (χ1v) is 12.7. The third-order valence-electron chi connectivity index (χ3n) is 6.97. The first-order chi connectivity index (χ1) is 19.3. The van der Waals surface area contributed by atoms with E-state index in [1.165, 1.54) is 0 Å². The molecule has 2 aromatic heterocycles. The molecule has 0 N–H and O–H groups in total. The summed E-state index contributed by atoms with van der Waals surface area (Å²) in [5, 5.41) is 12.4. The van der Waals surface area contributed by atoms with E-state index in [9.17, 15) is 5.26 Å². The Balaban J connectivity index is 1.37. The van der Waals surface area contributed by atoms with E-state index in [0.717, 1.165) is 49.8 Å². The molecule has 0 atom stereocenters. The number of nitrogens with zero attached hydrogens (tertiary/aromatic N) is 3. The van der Waals surface area contributed by atoms with E-state index in [2.05, 4.69) is 42.5 Å². The molecule has 5 aromatic carbocycles. The summed E-state index contributed by atoms with van der Waals surface area (Å²) in [7, 11) is 0. The van der Waals surface area contributed by atoms with Crippen LogP contribution in [0.2, 0.25) is 0 Å². The standard InChI is InChI=1S/C35H21N3O/c36-22-30-32(24-10-3-1-4-11-24)37-35(38-33(30)25-12-5-2-6-13-25)26-20-18-23(19-21-26)27-15-9-16-29-28-14-7-8-17-31(28)39-34(27)29/h1-21H. The van der Waals surface area contributed by atoms with Crippen molar-refractivity contribution in [3.63, 3.8) is 0 Å². The lowest BCUT2D eigenvalue weighted by Crippen LogP contribution is -2.01. The van der Waals surface area contributed by atoms with E-state index in [1.54, 1.807) is 0 Å². The molecule has 39 heavy (non-hydrogen) atoms. The topological polar surface area (TPSA) is 62.7 Å². The van der Waals surface area contributed by atoms with Crippen molar-refractivity contribution in [1.82, 2.24) is 9.97 Å². The first-order valence-electron chi connectivity index (χ1n) is 12.7. The van der Waals surface area contributed by atoms with Crippen molar-refractivity contribution < 1.29 is 4.42 Å². The number of nitriles is 1. The van der Waals surface area contributed by atoms with Gasteiger partial charge < -0.3 is 4.42 Å². The number of hydrogen-bond donors (Lipinski definition) is 0. The van der Waals surface area contributed by atoms with Crippen LogP contribution in [0.3, 0.4) is 0 Å². The molecular weight excluding hydrogens is 478 g/mol. The molecule has 4 heteroatoms. The summed E-state index contributed by atoms with van der Waals surface area (Å²) in [6.07, 6.45) is 0. The van der Waals surface area contributed by atoms with Gasteiger partial charge in [-0.2, -0.15) is 5.26 Å². The Labute approximate surface area is 225 Å². The van der Waals surface area contributed by atoms with Gasteiger partial charge in [0, 0.05) is 33.0 Å². The van der Waals surface area contributed by atoms with Gasteiger partial charge in [-0.1, -0.05) is 121 Å². The van der Waals surface area contributed by atoms with Gasteiger partial charge in [0.2, 0.25) is 0 Å². The molecule has 0 fully saturated rings. The Hall–Kier alpha value is -5.53. The van der Waals surface area contributed by atoms with Crippen LogP contribution in [-0.4, -0.2) is 9.97 Å². The van der Waals surface area contributed by atoms with E-state index < -0.39 is 0 Å². The van der Waals surface area contributed by atoms with Crippen molar-refractivity contribution in [3.8, 4) is 51.1 Å². The van der Waals surface area contributed by atoms with Gasteiger partial charge in [0.25, 0.3) is 0 Å². The fourth-order valence-electron chi connectivity index (χ4n) is 5.08. The molecule has 7 rings (SSSR count). The predicted molar refractivity (Wildman–Crippen MR) is 156 cm³/mol. The molecule has 0 saturated carbocycles.